The highest BCUT2D eigenvalue weighted by Gasteiger charge is 2.14. The first-order valence-electron chi connectivity index (χ1n) is 9.00. The maximum absolute atomic E-state index is 13.5. The van der Waals surface area contributed by atoms with Crippen molar-refractivity contribution in [2.24, 2.45) is 14.1 Å². The first-order valence-corrected chi connectivity index (χ1v) is 9.99. The second-order valence-electron chi connectivity index (χ2n) is 6.59. The van der Waals surface area contributed by atoms with Gasteiger partial charge in [-0.1, -0.05) is 17.8 Å². The van der Waals surface area contributed by atoms with Crippen molar-refractivity contribution in [3.63, 3.8) is 0 Å². The number of benzene rings is 1. The van der Waals surface area contributed by atoms with E-state index in [1.54, 1.807) is 47.8 Å². The zero-order valence-electron chi connectivity index (χ0n) is 15.9. The average molecular weight is 414 g/mol. The van der Waals surface area contributed by atoms with Crippen LogP contribution in [0.15, 0.2) is 57.7 Å². The minimum atomic E-state index is -0.382. The molecule has 0 saturated heterocycles. The topological polar surface area (TPSA) is 79.6 Å². The first kappa shape index (κ1) is 19.2. The van der Waals surface area contributed by atoms with Gasteiger partial charge in [0.15, 0.2) is 16.3 Å². The van der Waals surface area contributed by atoms with Gasteiger partial charge in [0.2, 0.25) is 0 Å². The molecule has 0 fully saturated rings. The van der Waals surface area contributed by atoms with Crippen LogP contribution in [0.5, 0.6) is 0 Å². The Kier molecular flexibility index (Phi) is 5.10. The van der Waals surface area contributed by atoms with Crippen LogP contribution in [0.1, 0.15) is 6.42 Å². The van der Waals surface area contributed by atoms with E-state index < -0.39 is 0 Å². The Balaban J connectivity index is 1.49. The Morgan fingerprint density at radius 1 is 1.17 bits per heavy atom. The van der Waals surface area contributed by atoms with Gasteiger partial charge in [-0.2, -0.15) is 0 Å². The molecule has 3 heterocycles. The van der Waals surface area contributed by atoms with Crippen LogP contribution >= 0.6 is 11.8 Å². The Bertz CT molecular complexity index is 1300. The van der Waals surface area contributed by atoms with Gasteiger partial charge < -0.3 is 4.57 Å². The molecular weight excluding hydrogens is 395 g/mol. The Morgan fingerprint density at radius 2 is 2.00 bits per heavy atom. The predicted molar refractivity (Wildman–Crippen MR) is 109 cm³/mol. The molecule has 4 aromatic rings. The molecule has 0 saturated carbocycles. The Labute approximate surface area is 169 Å². The number of aryl methyl sites for hydroxylation is 2. The van der Waals surface area contributed by atoms with Crippen molar-refractivity contribution >= 4 is 22.9 Å². The predicted octanol–water partition coefficient (Wildman–Crippen LogP) is 1.94. The minimum absolute atomic E-state index is 0.292. The summed E-state index contributed by atoms with van der Waals surface area (Å²) >= 11 is 1.49. The SMILES string of the molecule is Cn1cnc2c1c(=O)n(CCCSc1nccn1-c1cccc(F)c1)c(=O)n2C. The van der Waals surface area contributed by atoms with Crippen LogP contribution in [0.2, 0.25) is 0 Å². The van der Waals surface area contributed by atoms with Crippen molar-refractivity contribution in [2.45, 2.75) is 18.1 Å². The van der Waals surface area contributed by atoms with E-state index >= 15 is 0 Å². The van der Waals surface area contributed by atoms with Crippen LogP contribution in [-0.2, 0) is 20.6 Å². The molecule has 0 radical (unpaired) electrons. The molecule has 8 nitrogen and oxygen atoms in total. The number of nitrogens with zero attached hydrogens (tertiary/aromatic N) is 6. The van der Waals surface area contributed by atoms with Crippen molar-refractivity contribution in [3.05, 3.63) is 69.6 Å². The number of imidazole rings is 2. The molecular formula is C19H19FN6O2S. The molecule has 0 amide bonds. The lowest BCUT2D eigenvalue weighted by molar-refractivity contribution is 0.594. The third-order valence-corrected chi connectivity index (χ3v) is 5.70. The Hall–Kier alpha value is -3.14. The van der Waals surface area contributed by atoms with E-state index in [0.29, 0.717) is 35.6 Å². The molecule has 0 unspecified atom stereocenters. The largest absolute Gasteiger partial charge is 0.332 e. The molecule has 0 bridgehead atoms. The summed E-state index contributed by atoms with van der Waals surface area (Å²) in [5, 5.41) is 0.720. The summed E-state index contributed by atoms with van der Waals surface area (Å²) in [6.07, 6.45) is 5.55. The fourth-order valence-electron chi connectivity index (χ4n) is 3.20. The smallest absolute Gasteiger partial charge is 0.328 e. The molecule has 150 valence electrons. The molecule has 0 atom stereocenters. The van der Waals surface area contributed by atoms with E-state index in [1.165, 1.54) is 39.4 Å². The highest BCUT2D eigenvalue weighted by molar-refractivity contribution is 7.99. The third-order valence-electron chi connectivity index (χ3n) is 4.65. The molecule has 0 spiro atoms. The van der Waals surface area contributed by atoms with Crippen LogP contribution in [0.3, 0.4) is 0 Å². The van der Waals surface area contributed by atoms with Crippen molar-refractivity contribution in [3.8, 4) is 5.69 Å². The van der Waals surface area contributed by atoms with Crippen LogP contribution < -0.4 is 11.2 Å². The standard InChI is InChI=1S/C19H19FN6O2S/c1-23-12-22-16-15(23)17(27)26(19(28)24(16)2)8-4-10-29-18-21-7-9-25(18)14-6-3-5-13(20)11-14/h3,5-7,9,11-12H,4,8,10H2,1-2H3. The molecule has 29 heavy (non-hydrogen) atoms. The fraction of sp³-hybridized carbons (Fsp3) is 0.263. The van der Waals surface area contributed by atoms with Gasteiger partial charge >= 0.3 is 5.69 Å². The maximum Gasteiger partial charge on any atom is 0.332 e. The molecule has 4 rings (SSSR count). The van der Waals surface area contributed by atoms with E-state index in [2.05, 4.69) is 9.97 Å². The molecule has 1 aromatic carbocycles. The molecule has 0 aliphatic rings. The zero-order valence-corrected chi connectivity index (χ0v) is 16.8. The van der Waals surface area contributed by atoms with Crippen LogP contribution in [0.4, 0.5) is 4.39 Å². The van der Waals surface area contributed by atoms with Crippen molar-refractivity contribution < 1.29 is 4.39 Å². The van der Waals surface area contributed by atoms with E-state index in [1.807, 2.05) is 0 Å². The number of fused-ring (bicyclic) bond motifs is 1. The maximum atomic E-state index is 13.5. The number of aromatic nitrogens is 6. The summed E-state index contributed by atoms with van der Waals surface area (Å²) in [5.41, 5.74) is 0.755. The highest BCUT2D eigenvalue weighted by atomic mass is 32.2. The third kappa shape index (κ3) is 3.51. The summed E-state index contributed by atoms with van der Waals surface area (Å²) in [4.78, 5) is 33.7. The quantitative estimate of drug-likeness (QED) is 0.356. The summed E-state index contributed by atoms with van der Waals surface area (Å²) in [5.74, 6) is 0.332. The van der Waals surface area contributed by atoms with Gasteiger partial charge in [0, 0.05) is 38.8 Å². The highest BCUT2D eigenvalue weighted by Crippen LogP contribution is 2.21. The van der Waals surface area contributed by atoms with Crippen molar-refractivity contribution in [1.82, 2.24) is 28.2 Å². The van der Waals surface area contributed by atoms with E-state index in [0.717, 1.165) is 5.16 Å². The molecule has 10 heteroatoms. The van der Waals surface area contributed by atoms with Crippen molar-refractivity contribution in [1.29, 1.82) is 0 Å². The normalized spacial score (nSPS) is 11.4. The molecule has 0 aliphatic heterocycles. The number of hydrogen-bond acceptors (Lipinski definition) is 5. The number of halogens is 1. The number of rotatable bonds is 6. The number of thioether (sulfide) groups is 1. The lowest BCUT2D eigenvalue weighted by atomic mass is 10.3. The second kappa shape index (κ2) is 7.70. The summed E-state index contributed by atoms with van der Waals surface area (Å²) in [7, 11) is 3.34. The van der Waals surface area contributed by atoms with Crippen LogP contribution in [0.25, 0.3) is 16.9 Å². The van der Waals surface area contributed by atoms with Crippen LogP contribution in [-0.4, -0.2) is 34.0 Å². The average Bonchev–Trinajstić information content (AvgIpc) is 3.32. The summed E-state index contributed by atoms with van der Waals surface area (Å²) in [6, 6.07) is 6.29. The lowest BCUT2D eigenvalue weighted by Gasteiger charge is -2.09. The van der Waals surface area contributed by atoms with E-state index in [4.69, 9.17) is 0 Å². The molecule has 0 N–H and O–H groups in total. The Morgan fingerprint density at radius 3 is 2.79 bits per heavy atom. The zero-order chi connectivity index (χ0) is 20.5. The van der Waals surface area contributed by atoms with Gasteiger partial charge in [-0.3, -0.25) is 18.5 Å². The van der Waals surface area contributed by atoms with Gasteiger partial charge in [-0.25, -0.2) is 19.2 Å². The van der Waals surface area contributed by atoms with Gasteiger partial charge in [0.25, 0.3) is 5.56 Å². The number of hydrogen-bond donors (Lipinski definition) is 0. The van der Waals surface area contributed by atoms with Crippen molar-refractivity contribution in [2.75, 3.05) is 5.75 Å². The van der Waals surface area contributed by atoms with Gasteiger partial charge in [-0.15, -0.1) is 0 Å². The van der Waals surface area contributed by atoms with Crippen LogP contribution in [0, 0.1) is 5.82 Å². The monoisotopic (exact) mass is 414 g/mol. The van der Waals surface area contributed by atoms with Gasteiger partial charge in [0.1, 0.15) is 5.82 Å². The van der Waals surface area contributed by atoms with E-state index in [-0.39, 0.29) is 17.1 Å². The second-order valence-corrected chi connectivity index (χ2v) is 7.65. The lowest BCUT2D eigenvalue weighted by Crippen LogP contribution is -2.39. The summed E-state index contributed by atoms with van der Waals surface area (Å²) < 4.78 is 19.6. The molecule has 0 aliphatic carbocycles. The minimum Gasteiger partial charge on any atom is -0.328 e. The van der Waals surface area contributed by atoms with Gasteiger partial charge in [-0.05, 0) is 24.6 Å². The van der Waals surface area contributed by atoms with E-state index in [9.17, 15) is 14.0 Å². The first-order chi connectivity index (χ1) is 14.0. The van der Waals surface area contributed by atoms with Gasteiger partial charge in [0.05, 0.1) is 12.0 Å². The summed E-state index contributed by atoms with van der Waals surface area (Å²) in [6.45, 7) is 0.292. The molecule has 3 aromatic heterocycles. The fourth-order valence-corrected chi connectivity index (χ4v) is 4.10.